The SMILES string of the molecule is O=CNc1nc(=O)[nH]c(=O)[nH]1. The Morgan fingerprint density at radius 2 is 2.09 bits per heavy atom. The van der Waals surface area contributed by atoms with Gasteiger partial charge < -0.3 is 0 Å². The zero-order chi connectivity index (χ0) is 8.27. The smallest absolute Gasteiger partial charge is 0.299 e. The average molecular weight is 156 g/mol. The lowest BCUT2D eigenvalue weighted by atomic mass is 10.9. The molecule has 0 saturated heterocycles. The quantitative estimate of drug-likeness (QED) is 0.431. The van der Waals surface area contributed by atoms with Gasteiger partial charge in [0.25, 0.3) is 0 Å². The number of anilines is 1. The molecule has 0 bridgehead atoms. The van der Waals surface area contributed by atoms with Crippen molar-refractivity contribution in [2.45, 2.75) is 0 Å². The molecule has 58 valence electrons. The summed E-state index contributed by atoms with van der Waals surface area (Å²) in [5.41, 5.74) is -1.52. The van der Waals surface area contributed by atoms with E-state index in [1.165, 1.54) is 0 Å². The maximum atomic E-state index is 10.5. The normalized spacial score (nSPS) is 9.09. The third kappa shape index (κ3) is 1.75. The number of aromatic nitrogens is 3. The fraction of sp³-hybridized carbons (Fsp3) is 0. The predicted octanol–water partition coefficient (Wildman–Crippen LogP) is -1.97. The van der Waals surface area contributed by atoms with Gasteiger partial charge in [-0.3, -0.25) is 20.1 Å². The van der Waals surface area contributed by atoms with Gasteiger partial charge >= 0.3 is 11.4 Å². The van der Waals surface area contributed by atoms with Gasteiger partial charge in [-0.1, -0.05) is 0 Å². The minimum Gasteiger partial charge on any atom is -0.299 e. The van der Waals surface area contributed by atoms with Gasteiger partial charge in [0.05, 0.1) is 0 Å². The lowest BCUT2D eigenvalue weighted by molar-refractivity contribution is -0.105. The fourth-order valence-corrected chi connectivity index (χ4v) is 0.518. The molecule has 0 aromatic carbocycles. The van der Waals surface area contributed by atoms with Crippen molar-refractivity contribution >= 4 is 12.4 Å². The van der Waals surface area contributed by atoms with Gasteiger partial charge in [0.15, 0.2) is 0 Å². The highest BCUT2D eigenvalue weighted by Crippen LogP contribution is 1.80. The van der Waals surface area contributed by atoms with Gasteiger partial charge in [0.2, 0.25) is 12.4 Å². The van der Waals surface area contributed by atoms with Crippen LogP contribution in [0.15, 0.2) is 9.59 Å². The molecule has 1 aromatic heterocycles. The van der Waals surface area contributed by atoms with E-state index in [-0.39, 0.29) is 5.95 Å². The lowest BCUT2D eigenvalue weighted by Crippen LogP contribution is -2.26. The van der Waals surface area contributed by atoms with Crippen LogP contribution in [0.4, 0.5) is 5.95 Å². The molecule has 7 nitrogen and oxygen atoms in total. The summed E-state index contributed by atoms with van der Waals surface area (Å²) in [6.07, 6.45) is 0.303. The Morgan fingerprint density at radius 3 is 2.64 bits per heavy atom. The van der Waals surface area contributed by atoms with Crippen molar-refractivity contribution in [3.05, 3.63) is 21.0 Å². The van der Waals surface area contributed by atoms with Crippen LogP contribution in [0.3, 0.4) is 0 Å². The number of carbonyl (C=O) groups is 1. The molecule has 0 aliphatic heterocycles. The molecule has 11 heavy (non-hydrogen) atoms. The highest BCUT2D eigenvalue weighted by molar-refractivity contribution is 5.66. The van der Waals surface area contributed by atoms with E-state index >= 15 is 0 Å². The van der Waals surface area contributed by atoms with Gasteiger partial charge in [-0.25, -0.2) is 9.59 Å². The zero-order valence-corrected chi connectivity index (χ0v) is 5.25. The highest BCUT2D eigenvalue weighted by atomic mass is 16.2. The van der Waals surface area contributed by atoms with Crippen molar-refractivity contribution in [3.63, 3.8) is 0 Å². The first-order valence-corrected chi connectivity index (χ1v) is 2.63. The first kappa shape index (κ1) is 7.19. The number of amides is 1. The molecular weight excluding hydrogens is 152 g/mol. The Bertz CT molecular complexity index is 336. The van der Waals surface area contributed by atoms with E-state index in [4.69, 9.17) is 0 Å². The molecule has 0 radical (unpaired) electrons. The highest BCUT2D eigenvalue weighted by Gasteiger charge is 1.93. The van der Waals surface area contributed by atoms with Crippen molar-refractivity contribution < 1.29 is 4.79 Å². The van der Waals surface area contributed by atoms with Crippen LogP contribution < -0.4 is 16.7 Å². The summed E-state index contributed by atoms with van der Waals surface area (Å²) in [6, 6.07) is 0. The molecule has 0 saturated carbocycles. The van der Waals surface area contributed by atoms with Gasteiger partial charge in [-0.2, -0.15) is 4.98 Å². The Hall–Kier alpha value is -1.92. The number of nitrogens with one attached hydrogen (secondary N) is 3. The second-order valence-electron chi connectivity index (χ2n) is 1.61. The summed E-state index contributed by atoms with van der Waals surface area (Å²) in [5.74, 6) is -0.172. The number of hydrogen-bond donors (Lipinski definition) is 3. The second kappa shape index (κ2) is 2.78. The minimum absolute atomic E-state index is 0.172. The third-order valence-electron chi connectivity index (χ3n) is 0.861. The molecule has 1 heterocycles. The van der Waals surface area contributed by atoms with Crippen LogP contribution in [-0.4, -0.2) is 21.4 Å². The van der Waals surface area contributed by atoms with Crippen molar-refractivity contribution in [2.75, 3.05) is 5.32 Å². The van der Waals surface area contributed by atoms with Crippen LogP contribution >= 0.6 is 0 Å². The first-order chi connectivity index (χ1) is 5.22. The Balaban J connectivity index is 3.18. The van der Waals surface area contributed by atoms with Crippen molar-refractivity contribution in [2.24, 2.45) is 0 Å². The number of aromatic amines is 2. The number of nitrogens with zero attached hydrogens (tertiary/aromatic N) is 1. The number of rotatable bonds is 2. The largest absolute Gasteiger partial charge is 0.352 e. The van der Waals surface area contributed by atoms with E-state index in [1.807, 2.05) is 10.3 Å². The number of H-pyrrole nitrogens is 2. The Morgan fingerprint density at radius 1 is 1.36 bits per heavy atom. The van der Waals surface area contributed by atoms with Gasteiger partial charge in [0, 0.05) is 0 Å². The lowest BCUT2D eigenvalue weighted by Gasteiger charge is -1.91. The maximum Gasteiger partial charge on any atom is 0.352 e. The zero-order valence-electron chi connectivity index (χ0n) is 5.25. The molecule has 1 aromatic rings. The van der Waals surface area contributed by atoms with Gasteiger partial charge in [0.1, 0.15) is 0 Å². The first-order valence-electron chi connectivity index (χ1n) is 2.63. The maximum absolute atomic E-state index is 10.5. The summed E-state index contributed by atoms with van der Waals surface area (Å²) in [6.45, 7) is 0. The molecule has 0 spiro atoms. The minimum atomic E-state index is -0.807. The van der Waals surface area contributed by atoms with Crippen LogP contribution in [0.25, 0.3) is 0 Å². The summed E-state index contributed by atoms with van der Waals surface area (Å²) in [4.78, 5) is 37.9. The van der Waals surface area contributed by atoms with Crippen molar-refractivity contribution in [1.82, 2.24) is 15.0 Å². The molecule has 3 N–H and O–H groups in total. The average Bonchev–Trinajstić information content (AvgIpc) is 1.85. The Kier molecular flexibility index (Phi) is 1.81. The van der Waals surface area contributed by atoms with Crippen LogP contribution in [0, 0.1) is 0 Å². The van der Waals surface area contributed by atoms with E-state index in [0.717, 1.165) is 0 Å². The number of carbonyl (C=O) groups excluding carboxylic acids is 1. The summed E-state index contributed by atoms with van der Waals surface area (Å²) in [7, 11) is 0. The molecular formula is C4H4N4O3. The molecule has 0 aliphatic rings. The second-order valence-corrected chi connectivity index (χ2v) is 1.61. The van der Waals surface area contributed by atoms with E-state index in [2.05, 4.69) is 9.97 Å². The Labute approximate surface area is 59.5 Å². The summed E-state index contributed by atoms with van der Waals surface area (Å²) >= 11 is 0. The van der Waals surface area contributed by atoms with Crippen molar-refractivity contribution in [3.8, 4) is 0 Å². The molecule has 0 aliphatic carbocycles. The standard InChI is InChI=1S/C4H4N4O3/c9-1-5-2-6-3(10)8-4(11)7-2/h1H,(H3,5,6,7,8,9,10,11). The van der Waals surface area contributed by atoms with Crippen LogP contribution in [0.2, 0.25) is 0 Å². The fourth-order valence-electron chi connectivity index (χ4n) is 0.518. The molecule has 0 unspecified atom stereocenters. The summed E-state index contributed by atoms with van der Waals surface area (Å²) in [5, 5.41) is 2.02. The van der Waals surface area contributed by atoms with Crippen LogP contribution in [0.1, 0.15) is 0 Å². The van der Waals surface area contributed by atoms with Crippen LogP contribution in [-0.2, 0) is 4.79 Å². The molecule has 7 heteroatoms. The summed E-state index contributed by atoms with van der Waals surface area (Å²) < 4.78 is 0. The van der Waals surface area contributed by atoms with E-state index in [1.54, 1.807) is 0 Å². The predicted molar refractivity (Wildman–Crippen MR) is 35.2 cm³/mol. The van der Waals surface area contributed by atoms with E-state index < -0.39 is 11.4 Å². The van der Waals surface area contributed by atoms with E-state index in [9.17, 15) is 14.4 Å². The topological polar surface area (TPSA) is 108 Å². The van der Waals surface area contributed by atoms with Gasteiger partial charge in [-0.05, 0) is 0 Å². The number of hydrogen-bond acceptors (Lipinski definition) is 4. The van der Waals surface area contributed by atoms with E-state index in [0.29, 0.717) is 6.41 Å². The molecule has 1 rings (SSSR count). The van der Waals surface area contributed by atoms with Gasteiger partial charge in [-0.15, -0.1) is 0 Å². The monoisotopic (exact) mass is 156 g/mol. The van der Waals surface area contributed by atoms with Crippen LogP contribution in [0.5, 0.6) is 0 Å². The molecule has 0 fully saturated rings. The molecule has 0 atom stereocenters. The molecule has 1 amide bonds. The van der Waals surface area contributed by atoms with Crippen molar-refractivity contribution in [1.29, 1.82) is 0 Å². The third-order valence-corrected chi connectivity index (χ3v) is 0.861.